The van der Waals surface area contributed by atoms with Crippen LogP contribution in [0.4, 0.5) is 0 Å². The molecule has 0 spiro atoms. The topological polar surface area (TPSA) is 67.6 Å². The van der Waals surface area contributed by atoms with Crippen molar-refractivity contribution in [2.45, 2.75) is 40.0 Å². The zero-order valence-electron chi connectivity index (χ0n) is 16.1. The number of nitrogens with one attached hydrogen (secondary N) is 1. The van der Waals surface area contributed by atoms with Crippen LogP contribution in [-0.2, 0) is 17.8 Å². The van der Waals surface area contributed by atoms with E-state index in [2.05, 4.69) is 64.4 Å². The number of aromatic nitrogens is 3. The van der Waals surface area contributed by atoms with Gasteiger partial charge in [-0.15, -0.1) is 10.2 Å². The van der Waals surface area contributed by atoms with Gasteiger partial charge in [-0.25, -0.2) is 0 Å². The number of rotatable bonds is 4. The quantitative estimate of drug-likeness (QED) is 0.671. The summed E-state index contributed by atoms with van der Waals surface area (Å²) in [6, 6.07) is 6.54. The van der Waals surface area contributed by atoms with Crippen molar-refractivity contribution >= 4 is 5.96 Å². The molecule has 1 aliphatic heterocycles. The molecular weight excluding hydrogens is 328 g/mol. The van der Waals surface area contributed by atoms with E-state index in [-0.39, 0.29) is 6.10 Å². The molecule has 0 amide bonds. The lowest BCUT2D eigenvalue weighted by Crippen LogP contribution is -2.48. The van der Waals surface area contributed by atoms with Crippen LogP contribution in [0.25, 0.3) is 0 Å². The molecule has 3 rings (SSSR count). The zero-order valence-corrected chi connectivity index (χ0v) is 16.1. The summed E-state index contributed by atoms with van der Waals surface area (Å²) in [5, 5.41) is 11.6. The summed E-state index contributed by atoms with van der Waals surface area (Å²) in [6.45, 7) is 10.1. The smallest absolute Gasteiger partial charge is 0.194 e. The van der Waals surface area contributed by atoms with Crippen molar-refractivity contribution in [3.8, 4) is 0 Å². The van der Waals surface area contributed by atoms with Crippen LogP contribution in [-0.4, -0.2) is 52.4 Å². The van der Waals surface area contributed by atoms with E-state index in [1.54, 1.807) is 6.33 Å². The third-order valence-corrected chi connectivity index (χ3v) is 4.79. The Balaban J connectivity index is 1.67. The Hall–Kier alpha value is -2.41. The molecule has 1 fully saturated rings. The van der Waals surface area contributed by atoms with E-state index in [0.29, 0.717) is 13.2 Å². The third kappa shape index (κ3) is 4.04. The molecule has 1 aliphatic rings. The number of guanidine groups is 1. The number of aliphatic imine (C=N–C) groups is 1. The molecule has 1 saturated heterocycles. The zero-order chi connectivity index (χ0) is 18.5. The molecule has 0 radical (unpaired) electrons. The van der Waals surface area contributed by atoms with Crippen LogP contribution < -0.4 is 5.32 Å². The summed E-state index contributed by atoms with van der Waals surface area (Å²) in [6.07, 6.45) is 1.81. The number of nitrogens with zero attached hydrogens (tertiary/aromatic N) is 5. The molecule has 1 aromatic heterocycles. The molecule has 26 heavy (non-hydrogen) atoms. The van der Waals surface area contributed by atoms with E-state index in [4.69, 9.17) is 4.74 Å². The summed E-state index contributed by atoms with van der Waals surface area (Å²) in [5.41, 5.74) is 3.80. The fourth-order valence-corrected chi connectivity index (χ4v) is 3.39. The van der Waals surface area contributed by atoms with Crippen molar-refractivity contribution in [2.24, 2.45) is 4.99 Å². The summed E-state index contributed by atoms with van der Waals surface area (Å²) in [7, 11) is 1.81. The average Bonchev–Trinajstić information content (AvgIpc) is 3.10. The first-order valence-corrected chi connectivity index (χ1v) is 9.13. The fourth-order valence-electron chi connectivity index (χ4n) is 3.39. The van der Waals surface area contributed by atoms with Gasteiger partial charge in [0.1, 0.15) is 12.4 Å². The molecule has 140 valence electrons. The van der Waals surface area contributed by atoms with Crippen molar-refractivity contribution < 1.29 is 4.74 Å². The number of hydrogen-bond donors (Lipinski definition) is 1. The highest BCUT2D eigenvalue weighted by atomic mass is 16.5. The van der Waals surface area contributed by atoms with Crippen LogP contribution in [0, 0.1) is 13.8 Å². The second-order valence-electron chi connectivity index (χ2n) is 6.60. The second-order valence-corrected chi connectivity index (χ2v) is 6.60. The maximum absolute atomic E-state index is 6.05. The molecule has 0 saturated carbocycles. The van der Waals surface area contributed by atoms with Gasteiger partial charge in [-0.2, -0.15) is 0 Å². The van der Waals surface area contributed by atoms with E-state index in [1.165, 1.54) is 16.7 Å². The lowest BCUT2D eigenvalue weighted by Gasteiger charge is -2.35. The van der Waals surface area contributed by atoms with Crippen LogP contribution in [0.2, 0.25) is 0 Å². The number of aryl methyl sites for hydroxylation is 3. The van der Waals surface area contributed by atoms with Gasteiger partial charge in [0.2, 0.25) is 0 Å². The van der Waals surface area contributed by atoms with Gasteiger partial charge in [-0.3, -0.25) is 4.99 Å². The van der Waals surface area contributed by atoms with Crippen LogP contribution in [0.3, 0.4) is 0 Å². The Morgan fingerprint density at radius 2 is 2.23 bits per heavy atom. The number of morpholine rings is 1. The highest BCUT2D eigenvalue weighted by molar-refractivity contribution is 5.80. The predicted octanol–water partition coefficient (Wildman–Crippen LogP) is 2.06. The summed E-state index contributed by atoms with van der Waals surface area (Å²) in [4.78, 5) is 6.70. The van der Waals surface area contributed by atoms with E-state index >= 15 is 0 Å². The number of benzene rings is 1. The fraction of sp³-hybridized carbons (Fsp3) is 0.526. The number of ether oxygens (including phenoxy) is 1. The monoisotopic (exact) mass is 356 g/mol. The lowest BCUT2D eigenvalue weighted by atomic mass is 10.00. The van der Waals surface area contributed by atoms with Crippen molar-refractivity contribution in [1.82, 2.24) is 25.0 Å². The van der Waals surface area contributed by atoms with Crippen LogP contribution in [0.15, 0.2) is 29.5 Å². The van der Waals surface area contributed by atoms with E-state index in [0.717, 1.165) is 31.4 Å². The normalized spacial score (nSPS) is 18.2. The molecule has 1 N–H and O–H groups in total. The predicted molar refractivity (Wildman–Crippen MR) is 102 cm³/mol. The highest BCUT2D eigenvalue weighted by Crippen LogP contribution is 2.25. The molecule has 7 nitrogen and oxygen atoms in total. The minimum absolute atomic E-state index is 0.0576. The van der Waals surface area contributed by atoms with Gasteiger partial charge in [0.15, 0.2) is 11.8 Å². The van der Waals surface area contributed by atoms with E-state index < -0.39 is 0 Å². The molecule has 1 atom stereocenters. The van der Waals surface area contributed by atoms with E-state index in [1.807, 2.05) is 11.6 Å². The van der Waals surface area contributed by atoms with Crippen molar-refractivity contribution in [3.63, 3.8) is 0 Å². The van der Waals surface area contributed by atoms with Crippen LogP contribution in [0.5, 0.6) is 0 Å². The molecular formula is C19H28N6O. The Kier molecular flexibility index (Phi) is 5.88. The summed E-state index contributed by atoms with van der Waals surface area (Å²) in [5.74, 6) is 1.78. The molecule has 0 aliphatic carbocycles. The summed E-state index contributed by atoms with van der Waals surface area (Å²) >= 11 is 0. The maximum Gasteiger partial charge on any atom is 0.194 e. The standard InChI is InChI=1S/C19H28N6O/c1-5-24-13-22-23-18(24)11-21-19(20-4)25-8-9-26-17(12-25)16-7-6-14(2)10-15(16)3/h6-7,10,13,17H,5,8-9,11-12H2,1-4H3,(H,20,21). The van der Waals surface area contributed by atoms with Gasteiger partial charge in [-0.05, 0) is 31.9 Å². The number of hydrogen-bond acceptors (Lipinski definition) is 4. The molecule has 1 unspecified atom stereocenters. The first-order chi connectivity index (χ1) is 12.6. The average molecular weight is 356 g/mol. The van der Waals surface area contributed by atoms with Crippen molar-refractivity contribution in [2.75, 3.05) is 26.7 Å². The Morgan fingerprint density at radius 1 is 1.38 bits per heavy atom. The maximum atomic E-state index is 6.05. The second kappa shape index (κ2) is 8.31. The van der Waals surface area contributed by atoms with Crippen molar-refractivity contribution in [3.05, 3.63) is 47.0 Å². The Bertz CT molecular complexity index is 769. The minimum atomic E-state index is 0.0576. The van der Waals surface area contributed by atoms with Gasteiger partial charge >= 0.3 is 0 Å². The largest absolute Gasteiger partial charge is 0.370 e. The lowest BCUT2D eigenvalue weighted by molar-refractivity contribution is -0.00835. The SMILES string of the molecule is CCn1cnnc1CNC(=NC)N1CCOC(c2ccc(C)cc2C)C1. The van der Waals surface area contributed by atoms with Gasteiger partial charge in [-0.1, -0.05) is 23.8 Å². The van der Waals surface area contributed by atoms with Crippen LogP contribution in [0.1, 0.15) is 35.5 Å². The highest BCUT2D eigenvalue weighted by Gasteiger charge is 2.25. The molecule has 7 heteroatoms. The Labute approximate surface area is 155 Å². The Morgan fingerprint density at radius 3 is 2.96 bits per heavy atom. The van der Waals surface area contributed by atoms with Gasteiger partial charge in [0.25, 0.3) is 0 Å². The van der Waals surface area contributed by atoms with Gasteiger partial charge in [0.05, 0.1) is 19.7 Å². The molecule has 0 bridgehead atoms. The molecule has 2 heterocycles. The van der Waals surface area contributed by atoms with Gasteiger partial charge < -0.3 is 19.5 Å². The van der Waals surface area contributed by atoms with E-state index in [9.17, 15) is 0 Å². The first-order valence-electron chi connectivity index (χ1n) is 9.13. The first kappa shape index (κ1) is 18.4. The summed E-state index contributed by atoms with van der Waals surface area (Å²) < 4.78 is 8.07. The minimum Gasteiger partial charge on any atom is -0.370 e. The van der Waals surface area contributed by atoms with Crippen LogP contribution >= 0.6 is 0 Å². The molecule has 1 aromatic carbocycles. The third-order valence-electron chi connectivity index (χ3n) is 4.79. The van der Waals surface area contributed by atoms with Crippen molar-refractivity contribution in [1.29, 1.82) is 0 Å². The molecule has 2 aromatic rings. The van der Waals surface area contributed by atoms with Gasteiger partial charge in [0, 0.05) is 20.1 Å².